The number of hydrogen-bond donors (Lipinski definition) is 3. The third-order valence-electron chi connectivity index (χ3n) is 2.33. The van der Waals surface area contributed by atoms with Crippen molar-refractivity contribution in [2.45, 2.75) is 26.7 Å². The Hall–Kier alpha value is -0.170. The zero-order valence-corrected chi connectivity index (χ0v) is 10.1. The van der Waals surface area contributed by atoms with Gasteiger partial charge in [-0.05, 0) is 57.8 Å². The highest BCUT2D eigenvalue weighted by Gasteiger charge is 2.11. The van der Waals surface area contributed by atoms with Gasteiger partial charge in [-0.15, -0.1) is 0 Å². The molecule has 0 bridgehead atoms. The van der Waals surface area contributed by atoms with E-state index in [0.29, 0.717) is 0 Å². The van der Waals surface area contributed by atoms with Crippen molar-refractivity contribution >= 4 is 22.6 Å². The van der Waals surface area contributed by atoms with E-state index in [9.17, 15) is 5.11 Å². The molecule has 0 aliphatic carbocycles. The van der Waals surface area contributed by atoms with Gasteiger partial charge in [0, 0.05) is 3.57 Å². The van der Waals surface area contributed by atoms with Gasteiger partial charge in [-0.3, -0.25) is 0 Å². The number of benzene rings is 1. The number of aliphatic hydroxyl groups is 3. The molecule has 0 heterocycles. The van der Waals surface area contributed by atoms with Crippen molar-refractivity contribution in [3.8, 4) is 0 Å². The van der Waals surface area contributed by atoms with Crippen LogP contribution in [0.15, 0.2) is 6.07 Å². The molecule has 0 atom stereocenters. The summed E-state index contributed by atoms with van der Waals surface area (Å²) in [4.78, 5) is 0. The normalized spacial score (nSPS) is 10.6. The summed E-state index contributed by atoms with van der Waals surface area (Å²) >= 11 is 2.10. The highest BCUT2D eigenvalue weighted by Crippen LogP contribution is 2.25. The van der Waals surface area contributed by atoms with Gasteiger partial charge >= 0.3 is 0 Å². The second-order valence-electron chi connectivity index (χ2n) is 3.09. The molecule has 0 aromatic heterocycles. The lowest BCUT2D eigenvalue weighted by Gasteiger charge is -2.13. The van der Waals surface area contributed by atoms with E-state index >= 15 is 0 Å². The fraction of sp³-hybridized carbons (Fsp3) is 0.400. The largest absolute Gasteiger partial charge is 0.392 e. The molecule has 0 spiro atoms. The lowest BCUT2D eigenvalue weighted by Crippen LogP contribution is -2.03. The van der Waals surface area contributed by atoms with Crippen LogP contribution in [0.25, 0.3) is 0 Å². The second-order valence-corrected chi connectivity index (χ2v) is 4.17. The molecule has 1 aromatic rings. The van der Waals surface area contributed by atoms with Crippen LogP contribution in [0.4, 0.5) is 0 Å². The minimum atomic E-state index is -0.0709. The van der Waals surface area contributed by atoms with E-state index in [2.05, 4.69) is 22.6 Å². The molecule has 0 amide bonds. The molecule has 14 heavy (non-hydrogen) atoms. The maximum Gasteiger partial charge on any atom is 0.0694 e. The average molecular weight is 308 g/mol. The van der Waals surface area contributed by atoms with Gasteiger partial charge in [-0.2, -0.15) is 0 Å². The zero-order chi connectivity index (χ0) is 10.7. The molecular weight excluding hydrogens is 295 g/mol. The topological polar surface area (TPSA) is 60.7 Å². The zero-order valence-electron chi connectivity index (χ0n) is 7.92. The predicted octanol–water partition coefficient (Wildman–Crippen LogP) is 1.08. The Balaban J connectivity index is 3.39. The van der Waals surface area contributed by atoms with Crippen LogP contribution in [0, 0.1) is 10.5 Å². The average Bonchev–Trinajstić information content (AvgIpc) is 2.19. The minimum absolute atomic E-state index is 0.0645. The van der Waals surface area contributed by atoms with Crippen LogP contribution >= 0.6 is 22.6 Å². The fourth-order valence-electron chi connectivity index (χ4n) is 1.40. The maximum absolute atomic E-state index is 9.17. The van der Waals surface area contributed by atoms with E-state index in [4.69, 9.17) is 10.2 Å². The van der Waals surface area contributed by atoms with Crippen LogP contribution < -0.4 is 0 Å². The summed E-state index contributed by atoms with van der Waals surface area (Å²) in [5.41, 5.74) is 3.21. The molecule has 0 unspecified atom stereocenters. The van der Waals surface area contributed by atoms with Gasteiger partial charge < -0.3 is 15.3 Å². The lowest BCUT2D eigenvalue weighted by atomic mass is 10.00. The molecule has 0 saturated carbocycles. The van der Waals surface area contributed by atoms with Crippen LogP contribution in [0.5, 0.6) is 0 Å². The van der Waals surface area contributed by atoms with Gasteiger partial charge in [0.15, 0.2) is 0 Å². The molecule has 1 rings (SSSR count). The molecule has 3 N–H and O–H groups in total. The molecule has 0 radical (unpaired) electrons. The Bertz CT molecular complexity index is 308. The van der Waals surface area contributed by atoms with Crippen LogP contribution in [0.1, 0.15) is 22.3 Å². The first-order chi connectivity index (χ1) is 6.65. The number of rotatable bonds is 3. The standard InChI is InChI=1S/C10H13IO3/c1-6-7(3-12)2-8(4-13)10(11)9(6)5-14/h2,12-14H,3-5H2,1H3. The van der Waals surface area contributed by atoms with Crippen molar-refractivity contribution in [3.05, 3.63) is 31.9 Å². The van der Waals surface area contributed by atoms with Crippen LogP contribution in [0.3, 0.4) is 0 Å². The first-order valence-electron chi connectivity index (χ1n) is 4.28. The van der Waals surface area contributed by atoms with Gasteiger partial charge in [-0.25, -0.2) is 0 Å². The molecular formula is C10H13IO3. The summed E-state index contributed by atoms with van der Waals surface area (Å²) in [5.74, 6) is 0. The van der Waals surface area contributed by atoms with Crippen molar-refractivity contribution in [3.63, 3.8) is 0 Å². The lowest BCUT2D eigenvalue weighted by molar-refractivity contribution is 0.266. The van der Waals surface area contributed by atoms with Gasteiger partial charge in [-0.1, -0.05) is 0 Å². The molecule has 78 valence electrons. The van der Waals surface area contributed by atoms with Crippen molar-refractivity contribution in [1.82, 2.24) is 0 Å². The number of hydrogen-bond acceptors (Lipinski definition) is 3. The maximum atomic E-state index is 9.17. The highest BCUT2D eigenvalue weighted by molar-refractivity contribution is 14.1. The quantitative estimate of drug-likeness (QED) is 0.732. The smallest absolute Gasteiger partial charge is 0.0694 e. The van der Waals surface area contributed by atoms with Crippen LogP contribution in [-0.4, -0.2) is 15.3 Å². The summed E-state index contributed by atoms with van der Waals surface area (Å²) in [7, 11) is 0. The summed E-state index contributed by atoms with van der Waals surface area (Å²) in [6, 6.07) is 1.77. The van der Waals surface area contributed by atoms with E-state index in [1.807, 2.05) is 6.92 Å². The SMILES string of the molecule is Cc1c(CO)cc(CO)c(I)c1CO. The summed E-state index contributed by atoms with van der Waals surface area (Å²) < 4.78 is 0.877. The van der Waals surface area contributed by atoms with E-state index in [1.54, 1.807) is 6.07 Å². The molecule has 4 heteroatoms. The van der Waals surface area contributed by atoms with E-state index in [-0.39, 0.29) is 19.8 Å². The van der Waals surface area contributed by atoms with Crippen LogP contribution in [0.2, 0.25) is 0 Å². The number of halogens is 1. The van der Waals surface area contributed by atoms with Crippen molar-refractivity contribution < 1.29 is 15.3 Å². The second kappa shape index (κ2) is 5.06. The Morgan fingerprint density at radius 2 is 1.64 bits per heavy atom. The van der Waals surface area contributed by atoms with Crippen molar-refractivity contribution in [1.29, 1.82) is 0 Å². The summed E-state index contributed by atoms with van der Waals surface area (Å²) in [5, 5.41) is 27.3. The fourth-order valence-corrected chi connectivity index (χ4v) is 2.30. The highest BCUT2D eigenvalue weighted by atomic mass is 127. The van der Waals surface area contributed by atoms with Crippen molar-refractivity contribution in [2.75, 3.05) is 0 Å². The molecule has 0 aliphatic rings. The molecule has 3 nitrogen and oxygen atoms in total. The van der Waals surface area contributed by atoms with Gasteiger partial charge in [0.25, 0.3) is 0 Å². The molecule has 0 aliphatic heterocycles. The molecule has 0 fully saturated rings. The van der Waals surface area contributed by atoms with Crippen LogP contribution in [-0.2, 0) is 19.8 Å². The van der Waals surface area contributed by atoms with E-state index in [1.165, 1.54) is 0 Å². The first kappa shape index (κ1) is 11.9. The Morgan fingerprint density at radius 1 is 1.07 bits per heavy atom. The first-order valence-corrected chi connectivity index (χ1v) is 5.35. The number of aliphatic hydroxyl groups excluding tert-OH is 3. The Labute approximate surface area is 96.5 Å². The Morgan fingerprint density at radius 3 is 2.07 bits per heavy atom. The van der Waals surface area contributed by atoms with Crippen molar-refractivity contribution in [2.24, 2.45) is 0 Å². The Kier molecular flexibility index (Phi) is 4.31. The van der Waals surface area contributed by atoms with E-state index < -0.39 is 0 Å². The monoisotopic (exact) mass is 308 g/mol. The van der Waals surface area contributed by atoms with Gasteiger partial charge in [0.1, 0.15) is 0 Å². The third kappa shape index (κ3) is 2.08. The van der Waals surface area contributed by atoms with Gasteiger partial charge in [0.05, 0.1) is 19.8 Å². The third-order valence-corrected chi connectivity index (χ3v) is 3.67. The predicted molar refractivity (Wildman–Crippen MR) is 61.7 cm³/mol. The molecule has 0 saturated heterocycles. The van der Waals surface area contributed by atoms with Gasteiger partial charge in [0.2, 0.25) is 0 Å². The molecule has 1 aromatic carbocycles. The minimum Gasteiger partial charge on any atom is -0.392 e. The summed E-state index contributed by atoms with van der Waals surface area (Å²) in [6.45, 7) is 1.66. The van der Waals surface area contributed by atoms with E-state index in [0.717, 1.165) is 25.8 Å². The summed E-state index contributed by atoms with van der Waals surface area (Å²) in [6.07, 6.45) is 0.